The number of carbonyl (C=O) groups is 2. The minimum Gasteiger partial charge on any atom is -0.465 e. The minimum atomic E-state index is -0.232. The van der Waals surface area contributed by atoms with Crippen LogP contribution in [0.4, 0.5) is 0 Å². The summed E-state index contributed by atoms with van der Waals surface area (Å²) >= 11 is 0. The van der Waals surface area contributed by atoms with Crippen LogP contribution in [0.1, 0.15) is 68.0 Å². The Hall–Kier alpha value is -4.50. The van der Waals surface area contributed by atoms with Crippen molar-refractivity contribution in [2.24, 2.45) is 0 Å². The van der Waals surface area contributed by atoms with Crippen molar-refractivity contribution in [3.63, 3.8) is 0 Å². The van der Waals surface area contributed by atoms with Gasteiger partial charge in [-0.2, -0.15) is 0 Å². The molecular formula is C34H28O3. The highest BCUT2D eigenvalue weighted by molar-refractivity contribution is 5.97. The van der Waals surface area contributed by atoms with Crippen LogP contribution in [0.15, 0.2) is 138 Å². The van der Waals surface area contributed by atoms with Crippen molar-refractivity contribution in [1.29, 1.82) is 0 Å². The molecule has 0 aliphatic heterocycles. The van der Waals surface area contributed by atoms with E-state index in [2.05, 4.69) is 0 Å². The van der Waals surface area contributed by atoms with Gasteiger partial charge in [-0.3, -0.25) is 9.59 Å². The summed E-state index contributed by atoms with van der Waals surface area (Å²) in [5.41, 5.74) is 3.41. The van der Waals surface area contributed by atoms with Gasteiger partial charge >= 0.3 is 0 Å². The van der Waals surface area contributed by atoms with E-state index >= 15 is 0 Å². The van der Waals surface area contributed by atoms with Gasteiger partial charge in [0.2, 0.25) is 0 Å². The van der Waals surface area contributed by atoms with Gasteiger partial charge in [-0.05, 0) is 23.3 Å². The third kappa shape index (κ3) is 5.84. The summed E-state index contributed by atoms with van der Waals surface area (Å²) in [6.07, 6.45) is 0.583. The lowest BCUT2D eigenvalue weighted by Crippen LogP contribution is -2.10. The largest absolute Gasteiger partial charge is 0.465 e. The van der Waals surface area contributed by atoms with Crippen LogP contribution in [0.2, 0.25) is 0 Å². The molecule has 3 nitrogen and oxygen atoms in total. The van der Waals surface area contributed by atoms with E-state index < -0.39 is 0 Å². The Balaban J connectivity index is 1.48. The molecule has 0 saturated heterocycles. The summed E-state index contributed by atoms with van der Waals surface area (Å²) in [5, 5.41) is 0. The molecule has 3 heteroatoms. The zero-order chi connectivity index (χ0) is 25.5. The van der Waals surface area contributed by atoms with E-state index in [1.807, 2.05) is 133 Å². The van der Waals surface area contributed by atoms with E-state index in [0.29, 0.717) is 24.0 Å². The minimum absolute atomic E-state index is 0.0614. The molecule has 0 aliphatic rings. The first-order chi connectivity index (χ1) is 18.2. The molecule has 0 saturated carbocycles. The lowest BCUT2D eigenvalue weighted by atomic mass is 9.89. The molecule has 5 rings (SSSR count). The van der Waals surface area contributed by atoms with E-state index in [0.717, 1.165) is 22.6 Å². The van der Waals surface area contributed by atoms with Gasteiger partial charge in [0.15, 0.2) is 11.6 Å². The molecule has 0 fully saturated rings. The molecule has 2 unspecified atom stereocenters. The van der Waals surface area contributed by atoms with Crippen LogP contribution in [0.5, 0.6) is 0 Å². The normalized spacial score (nSPS) is 12.5. The van der Waals surface area contributed by atoms with Gasteiger partial charge in [-0.15, -0.1) is 0 Å². The molecule has 37 heavy (non-hydrogen) atoms. The first-order valence-corrected chi connectivity index (χ1v) is 12.5. The zero-order valence-corrected chi connectivity index (χ0v) is 20.5. The number of carbonyl (C=O) groups excluding carboxylic acids is 2. The smallest absolute Gasteiger partial charge is 0.163 e. The van der Waals surface area contributed by atoms with Crippen LogP contribution in [0.25, 0.3) is 0 Å². The summed E-state index contributed by atoms with van der Waals surface area (Å²) in [5.74, 6) is 1.10. The van der Waals surface area contributed by atoms with E-state index in [1.165, 1.54) is 0 Å². The predicted octanol–water partition coefficient (Wildman–Crippen LogP) is 8.09. The number of hydrogen-bond acceptors (Lipinski definition) is 3. The average molecular weight is 485 g/mol. The Morgan fingerprint density at radius 1 is 0.459 bits per heavy atom. The van der Waals surface area contributed by atoms with E-state index in [-0.39, 0.29) is 23.4 Å². The second kappa shape index (κ2) is 11.5. The fourth-order valence-corrected chi connectivity index (χ4v) is 4.73. The van der Waals surface area contributed by atoms with E-state index in [4.69, 9.17) is 4.42 Å². The standard InChI is InChI=1S/C34H28O3/c35-31(27-17-9-3-10-18-27)23-29(25-13-5-1-6-14-25)33-21-22-34(37-33)30(26-15-7-2-8-16-26)24-32(36)28-19-11-4-12-20-28/h1-22,29-30H,23-24H2. The summed E-state index contributed by atoms with van der Waals surface area (Å²) < 4.78 is 6.49. The van der Waals surface area contributed by atoms with E-state index in [9.17, 15) is 9.59 Å². The summed E-state index contributed by atoms with van der Waals surface area (Å²) in [6.45, 7) is 0. The van der Waals surface area contributed by atoms with Crippen molar-refractivity contribution in [2.45, 2.75) is 24.7 Å². The first-order valence-electron chi connectivity index (χ1n) is 12.5. The molecule has 1 aromatic heterocycles. The molecule has 0 amide bonds. The number of hydrogen-bond donors (Lipinski definition) is 0. The number of rotatable bonds is 10. The maximum absolute atomic E-state index is 13.2. The zero-order valence-electron chi connectivity index (χ0n) is 20.5. The van der Waals surface area contributed by atoms with E-state index in [1.54, 1.807) is 0 Å². The highest BCUT2D eigenvalue weighted by Crippen LogP contribution is 2.36. The maximum Gasteiger partial charge on any atom is 0.163 e. The Morgan fingerprint density at radius 2 is 0.784 bits per heavy atom. The van der Waals surface area contributed by atoms with Gasteiger partial charge in [0.1, 0.15) is 11.5 Å². The van der Waals surface area contributed by atoms with Crippen LogP contribution in [-0.4, -0.2) is 11.6 Å². The van der Waals surface area contributed by atoms with Crippen LogP contribution in [-0.2, 0) is 0 Å². The Bertz CT molecular complexity index is 1330. The molecule has 0 bridgehead atoms. The predicted molar refractivity (Wildman–Crippen MR) is 146 cm³/mol. The van der Waals surface area contributed by atoms with Gasteiger partial charge < -0.3 is 4.42 Å². The second-order valence-electron chi connectivity index (χ2n) is 9.15. The van der Waals surface area contributed by atoms with Crippen molar-refractivity contribution in [3.05, 3.63) is 167 Å². The highest BCUT2D eigenvalue weighted by Gasteiger charge is 2.26. The third-order valence-corrected chi connectivity index (χ3v) is 6.71. The van der Waals surface area contributed by atoms with Crippen molar-refractivity contribution >= 4 is 11.6 Å². The monoisotopic (exact) mass is 484 g/mol. The second-order valence-corrected chi connectivity index (χ2v) is 9.15. The molecule has 0 spiro atoms. The fraction of sp³-hybridized carbons (Fsp3) is 0.118. The molecule has 4 aromatic carbocycles. The van der Waals surface area contributed by atoms with Gasteiger partial charge in [-0.25, -0.2) is 0 Å². The number of benzene rings is 4. The highest BCUT2D eigenvalue weighted by atomic mass is 16.3. The lowest BCUT2D eigenvalue weighted by Gasteiger charge is -2.17. The molecule has 2 atom stereocenters. The van der Waals surface area contributed by atoms with Gasteiger partial charge in [0, 0.05) is 35.8 Å². The van der Waals surface area contributed by atoms with Crippen molar-refractivity contribution < 1.29 is 14.0 Å². The summed E-state index contributed by atoms with van der Waals surface area (Å²) in [4.78, 5) is 26.4. The number of Topliss-reactive ketones (excluding diaryl/α,β-unsaturated/α-hetero) is 2. The lowest BCUT2D eigenvalue weighted by molar-refractivity contribution is 0.0970. The summed E-state index contributed by atoms with van der Waals surface area (Å²) in [7, 11) is 0. The van der Waals surface area contributed by atoms with Gasteiger partial charge in [-0.1, -0.05) is 121 Å². The van der Waals surface area contributed by atoms with Crippen molar-refractivity contribution in [2.75, 3.05) is 0 Å². The molecule has 1 heterocycles. The van der Waals surface area contributed by atoms with Crippen molar-refractivity contribution in [1.82, 2.24) is 0 Å². The molecular weight excluding hydrogens is 456 g/mol. The van der Waals surface area contributed by atoms with Gasteiger partial charge in [0.25, 0.3) is 0 Å². The first kappa shape index (κ1) is 24.2. The molecule has 0 N–H and O–H groups in total. The fourth-order valence-electron chi connectivity index (χ4n) is 4.73. The molecule has 5 aromatic rings. The SMILES string of the molecule is O=C(CC(c1ccccc1)c1ccc(C(CC(=O)c2ccccc2)c2ccccc2)o1)c1ccccc1. The Morgan fingerprint density at radius 3 is 1.14 bits per heavy atom. The van der Waals surface area contributed by atoms with Crippen molar-refractivity contribution in [3.8, 4) is 0 Å². The Kier molecular flexibility index (Phi) is 7.52. The topological polar surface area (TPSA) is 47.3 Å². The number of furan rings is 1. The Labute approximate surface area is 217 Å². The molecule has 182 valence electrons. The maximum atomic E-state index is 13.2. The molecule has 0 radical (unpaired) electrons. The average Bonchev–Trinajstić information content (AvgIpc) is 3.46. The summed E-state index contributed by atoms with van der Waals surface area (Å²) in [6, 6.07) is 42.6. The van der Waals surface area contributed by atoms with Crippen LogP contribution in [0, 0.1) is 0 Å². The quantitative estimate of drug-likeness (QED) is 0.188. The van der Waals surface area contributed by atoms with Gasteiger partial charge in [0.05, 0.1) is 0 Å². The van der Waals surface area contributed by atoms with Crippen LogP contribution in [0.3, 0.4) is 0 Å². The third-order valence-electron chi connectivity index (χ3n) is 6.71. The van der Waals surface area contributed by atoms with Crippen LogP contribution >= 0.6 is 0 Å². The number of ketones is 2. The van der Waals surface area contributed by atoms with Crippen LogP contribution < -0.4 is 0 Å². The molecule has 0 aliphatic carbocycles.